The summed E-state index contributed by atoms with van der Waals surface area (Å²) in [6.07, 6.45) is 5.21. The molecule has 1 saturated carbocycles. The smallest absolute Gasteiger partial charge is 0.271 e. The lowest BCUT2D eigenvalue weighted by Crippen LogP contribution is -2.22. The number of non-ortho nitro benzene ring substituents is 1. The Labute approximate surface area is 139 Å². The highest BCUT2D eigenvalue weighted by Gasteiger charge is 2.11. The second-order valence-electron chi connectivity index (χ2n) is 5.63. The molecule has 0 radical (unpaired) electrons. The van der Waals surface area contributed by atoms with Crippen LogP contribution in [0, 0.1) is 10.1 Å². The molecule has 1 aromatic carbocycles. The van der Waals surface area contributed by atoms with Crippen molar-refractivity contribution in [2.45, 2.75) is 44.9 Å². The van der Waals surface area contributed by atoms with Crippen LogP contribution in [-0.2, 0) is 9.59 Å². The quantitative estimate of drug-likeness (QED) is 0.615. The fraction of sp³-hybridized carbons (Fsp3) is 0.438. The summed E-state index contributed by atoms with van der Waals surface area (Å²) in [7, 11) is 0. The molecule has 8 nitrogen and oxygen atoms in total. The van der Waals surface area contributed by atoms with Gasteiger partial charge in [0.15, 0.2) is 0 Å². The number of nitrogens with zero attached hydrogens (tertiary/aromatic N) is 2. The van der Waals surface area contributed by atoms with E-state index < -0.39 is 4.92 Å². The van der Waals surface area contributed by atoms with Crippen LogP contribution < -0.4 is 10.7 Å². The number of anilines is 1. The molecule has 0 saturated heterocycles. The molecule has 128 valence electrons. The lowest BCUT2D eigenvalue weighted by Gasteiger charge is -2.11. The van der Waals surface area contributed by atoms with Crippen LogP contribution in [-0.4, -0.2) is 22.4 Å². The molecule has 2 rings (SSSR count). The summed E-state index contributed by atoms with van der Waals surface area (Å²) in [5, 5.41) is 17.3. The Hall–Kier alpha value is -2.77. The van der Waals surface area contributed by atoms with E-state index in [2.05, 4.69) is 15.8 Å². The van der Waals surface area contributed by atoms with E-state index in [1.807, 2.05) is 0 Å². The standard InChI is InChI=1S/C16H20N4O4/c21-15(17-13-7-4-8-14(11-13)20(23)24)9-10-16(22)19-18-12-5-2-1-3-6-12/h4,7-8,11H,1-3,5-6,9-10H2,(H,17,21)(H,19,22). The molecule has 8 heteroatoms. The summed E-state index contributed by atoms with van der Waals surface area (Å²) in [5.74, 6) is -0.696. The summed E-state index contributed by atoms with van der Waals surface area (Å²) in [6.45, 7) is 0. The van der Waals surface area contributed by atoms with Gasteiger partial charge in [0.25, 0.3) is 5.69 Å². The molecule has 2 N–H and O–H groups in total. The molecule has 1 fully saturated rings. The third kappa shape index (κ3) is 5.79. The molecule has 0 aliphatic heterocycles. The van der Waals surface area contributed by atoms with E-state index >= 15 is 0 Å². The molecule has 1 aromatic rings. The van der Waals surface area contributed by atoms with Gasteiger partial charge in [0, 0.05) is 36.4 Å². The van der Waals surface area contributed by atoms with Crippen molar-refractivity contribution < 1.29 is 14.5 Å². The molecule has 0 spiro atoms. The number of hydrogen-bond acceptors (Lipinski definition) is 5. The van der Waals surface area contributed by atoms with Gasteiger partial charge in [0.2, 0.25) is 11.8 Å². The molecule has 0 bridgehead atoms. The van der Waals surface area contributed by atoms with Crippen molar-refractivity contribution in [1.29, 1.82) is 0 Å². The van der Waals surface area contributed by atoms with Crippen LogP contribution in [0.1, 0.15) is 44.9 Å². The fourth-order valence-electron chi connectivity index (χ4n) is 2.42. The highest BCUT2D eigenvalue weighted by Crippen LogP contribution is 2.17. The topological polar surface area (TPSA) is 114 Å². The summed E-state index contributed by atoms with van der Waals surface area (Å²) in [5.41, 5.74) is 3.70. The predicted octanol–water partition coefficient (Wildman–Crippen LogP) is 2.75. The van der Waals surface area contributed by atoms with Gasteiger partial charge in [-0.2, -0.15) is 5.10 Å². The lowest BCUT2D eigenvalue weighted by molar-refractivity contribution is -0.384. The van der Waals surface area contributed by atoms with Crippen LogP contribution in [0.4, 0.5) is 11.4 Å². The van der Waals surface area contributed by atoms with E-state index in [4.69, 9.17) is 0 Å². The molecule has 1 aliphatic rings. The van der Waals surface area contributed by atoms with Gasteiger partial charge in [-0.3, -0.25) is 19.7 Å². The maximum absolute atomic E-state index is 11.8. The number of amides is 2. The van der Waals surface area contributed by atoms with Crippen LogP contribution in [0.3, 0.4) is 0 Å². The zero-order valence-electron chi connectivity index (χ0n) is 13.3. The van der Waals surface area contributed by atoms with Crippen LogP contribution in [0.2, 0.25) is 0 Å². The second-order valence-corrected chi connectivity index (χ2v) is 5.63. The van der Waals surface area contributed by atoms with Gasteiger partial charge >= 0.3 is 0 Å². The van der Waals surface area contributed by atoms with Gasteiger partial charge in [-0.05, 0) is 31.7 Å². The second kappa shape index (κ2) is 8.76. The Bertz CT molecular complexity index is 649. The van der Waals surface area contributed by atoms with Crippen LogP contribution in [0.5, 0.6) is 0 Å². The number of carbonyl (C=O) groups excluding carboxylic acids is 2. The first-order chi connectivity index (χ1) is 11.5. The van der Waals surface area contributed by atoms with E-state index in [-0.39, 0.29) is 30.3 Å². The number of nitro groups is 1. The molecule has 0 heterocycles. The molecule has 0 aromatic heterocycles. The fourth-order valence-corrected chi connectivity index (χ4v) is 2.42. The number of carbonyl (C=O) groups is 2. The van der Waals surface area contributed by atoms with Crippen molar-refractivity contribution in [1.82, 2.24) is 5.43 Å². The van der Waals surface area contributed by atoms with Gasteiger partial charge < -0.3 is 5.32 Å². The SMILES string of the molecule is O=C(CCC(=O)Nc1cccc([N+](=O)[O-])c1)NN=C1CCCCC1. The monoisotopic (exact) mass is 332 g/mol. The van der Waals surface area contributed by atoms with E-state index in [0.29, 0.717) is 5.69 Å². The molecule has 1 aliphatic carbocycles. The predicted molar refractivity (Wildman–Crippen MR) is 89.6 cm³/mol. The maximum Gasteiger partial charge on any atom is 0.271 e. The average molecular weight is 332 g/mol. The molecule has 0 unspecified atom stereocenters. The van der Waals surface area contributed by atoms with Crippen molar-refractivity contribution in [3.63, 3.8) is 0 Å². The number of benzene rings is 1. The highest BCUT2D eigenvalue weighted by molar-refractivity contribution is 5.93. The normalized spacial score (nSPS) is 13.9. The van der Waals surface area contributed by atoms with Gasteiger partial charge in [0.1, 0.15) is 0 Å². The number of hydrazone groups is 1. The van der Waals surface area contributed by atoms with Gasteiger partial charge in [-0.15, -0.1) is 0 Å². The third-order valence-corrected chi connectivity index (χ3v) is 3.69. The lowest BCUT2D eigenvalue weighted by atomic mass is 9.99. The van der Waals surface area contributed by atoms with Gasteiger partial charge in [-0.1, -0.05) is 12.5 Å². The first-order valence-electron chi connectivity index (χ1n) is 7.93. The van der Waals surface area contributed by atoms with Crippen molar-refractivity contribution >= 4 is 28.9 Å². The number of rotatable bonds is 6. The zero-order chi connectivity index (χ0) is 17.4. The number of hydrogen-bond donors (Lipinski definition) is 2. The summed E-state index contributed by atoms with van der Waals surface area (Å²) in [4.78, 5) is 33.7. The molecular weight excluding hydrogens is 312 g/mol. The van der Waals surface area contributed by atoms with Crippen molar-refractivity contribution in [3.8, 4) is 0 Å². The molecule has 2 amide bonds. The Morgan fingerprint density at radius 1 is 1.12 bits per heavy atom. The summed E-state index contributed by atoms with van der Waals surface area (Å²) in [6, 6.07) is 5.65. The molecular formula is C16H20N4O4. The van der Waals surface area contributed by atoms with Crippen LogP contribution >= 0.6 is 0 Å². The summed E-state index contributed by atoms with van der Waals surface area (Å²) >= 11 is 0. The maximum atomic E-state index is 11.8. The Morgan fingerprint density at radius 3 is 2.54 bits per heavy atom. The van der Waals surface area contributed by atoms with Crippen LogP contribution in [0.15, 0.2) is 29.4 Å². The van der Waals surface area contributed by atoms with E-state index in [1.165, 1.54) is 24.6 Å². The van der Waals surface area contributed by atoms with Crippen LogP contribution in [0.25, 0.3) is 0 Å². The van der Waals surface area contributed by atoms with Crippen molar-refractivity contribution in [2.24, 2.45) is 5.10 Å². The number of nitro benzene ring substituents is 1. The zero-order valence-corrected chi connectivity index (χ0v) is 13.3. The summed E-state index contributed by atoms with van der Waals surface area (Å²) < 4.78 is 0. The first kappa shape index (κ1) is 17.6. The first-order valence-corrected chi connectivity index (χ1v) is 7.93. The Morgan fingerprint density at radius 2 is 1.83 bits per heavy atom. The van der Waals surface area contributed by atoms with Gasteiger partial charge in [-0.25, -0.2) is 5.43 Å². The third-order valence-electron chi connectivity index (χ3n) is 3.69. The highest BCUT2D eigenvalue weighted by atomic mass is 16.6. The molecule has 24 heavy (non-hydrogen) atoms. The number of nitrogens with one attached hydrogen (secondary N) is 2. The average Bonchev–Trinajstić information content (AvgIpc) is 2.59. The van der Waals surface area contributed by atoms with E-state index in [0.717, 1.165) is 31.4 Å². The van der Waals surface area contributed by atoms with Crippen molar-refractivity contribution in [3.05, 3.63) is 34.4 Å². The minimum atomic E-state index is -0.534. The largest absolute Gasteiger partial charge is 0.326 e. The van der Waals surface area contributed by atoms with E-state index in [1.54, 1.807) is 6.07 Å². The minimum Gasteiger partial charge on any atom is -0.326 e. The molecule has 0 atom stereocenters. The minimum absolute atomic E-state index is 0.0114. The van der Waals surface area contributed by atoms with Gasteiger partial charge in [0.05, 0.1) is 4.92 Å². The van der Waals surface area contributed by atoms with Crippen molar-refractivity contribution in [2.75, 3.05) is 5.32 Å². The Kier molecular flexibility index (Phi) is 6.41. The van der Waals surface area contributed by atoms with E-state index in [9.17, 15) is 19.7 Å². The Balaban J connectivity index is 1.75.